The SMILES string of the molecule is COc1cccc(COc2ccc(O)cc2)n1. The Morgan fingerprint density at radius 3 is 2.59 bits per heavy atom. The maximum absolute atomic E-state index is 9.13. The van der Waals surface area contributed by atoms with E-state index < -0.39 is 0 Å². The zero-order valence-electron chi connectivity index (χ0n) is 9.46. The van der Waals surface area contributed by atoms with Gasteiger partial charge in [0.1, 0.15) is 18.1 Å². The zero-order valence-corrected chi connectivity index (χ0v) is 9.46. The first kappa shape index (κ1) is 11.3. The second-order valence-corrected chi connectivity index (χ2v) is 3.45. The first-order valence-electron chi connectivity index (χ1n) is 5.19. The van der Waals surface area contributed by atoms with Gasteiger partial charge in [-0.05, 0) is 30.3 Å². The Balaban J connectivity index is 1.99. The van der Waals surface area contributed by atoms with Crippen molar-refractivity contribution in [1.82, 2.24) is 4.98 Å². The van der Waals surface area contributed by atoms with Gasteiger partial charge in [0.05, 0.1) is 12.8 Å². The lowest BCUT2D eigenvalue weighted by atomic mass is 10.3. The van der Waals surface area contributed by atoms with Gasteiger partial charge >= 0.3 is 0 Å². The van der Waals surface area contributed by atoms with E-state index in [9.17, 15) is 0 Å². The number of methoxy groups -OCH3 is 1. The molecule has 4 heteroatoms. The van der Waals surface area contributed by atoms with Crippen LogP contribution in [0.3, 0.4) is 0 Å². The summed E-state index contributed by atoms with van der Waals surface area (Å²) >= 11 is 0. The molecule has 88 valence electrons. The predicted octanol–water partition coefficient (Wildman–Crippen LogP) is 2.37. The number of rotatable bonds is 4. The second-order valence-electron chi connectivity index (χ2n) is 3.45. The van der Waals surface area contributed by atoms with Gasteiger partial charge in [-0.2, -0.15) is 0 Å². The Kier molecular flexibility index (Phi) is 3.45. The van der Waals surface area contributed by atoms with Gasteiger partial charge in [0, 0.05) is 6.07 Å². The number of hydrogen-bond acceptors (Lipinski definition) is 4. The first-order valence-corrected chi connectivity index (χ1v) is 5.19. The maximum atomic E-state index is 9.13. The molecular formula is C13H13NO3. The molecule has 1 N–H and O–H groups in total. The summed E-state index contributed by atoms with van der Waals surface area (Å²) in [5, 5.41) is 9.13. The molecule has 1 heterocycles. The van der Waals surface area contributed by atoms with E-state index in [1.807, 2.05) is 12.1 Å². The number of aromatic nitrogens is 1. The minimum Gasteiger partial charge on any atom is -0.508 e. The summed E-state index contributed by atoms with van der Waals surface area (Å²) in [5.41, 5.74) is 0.789. The fraction of sp³-hybridized carbons (Fsp3) is 0.154. The fourth-order valence-electron chi connectivity index (χ4n) is 1.35. The van der Waals surface area contributed by atoms with Gasteiger partial charge in [0.2, 0.25) is 5.88 Å². The fourth-order valence-corrected chi connectivity index (χ4v) is 1.35. The summed E-state index contributed by atoms with van der Waals surface area (Å²) < 4.78 is 10.5. The van der Waals surface area contributed by atoms with Crippen molar-refractivity contribution in [3.8, 4) is 17.4 Å². The smallest absolute Gasteiger partial charge is 0.213 e. The van der Waals surface area contributed by atoms with E-state index in [-0.39, 0.29) is 5.75 Å². The average molecular weight is 231 g/mol. The van der Waals surface area contributed by atoms with E-state index in [1.54, 1.807) is 37.4 Å². The summed E-state index contributed by atoms with van der Waals surface area (Å²) in [6, 6.07) is 12.1. The number of pyridine rings is 1. The summed E-state index contributed by atoms with van der Waals surface area (Å²) in [6.45, 7) is 0.363. The molecule has 0 aliphatic carbocycles. The van der Waals surface area contributed by atoms with Gasteiger partial charge in [-0.15, -0.1) is 0 Å². The molecule has 4 nitrogen and oxygen atoms in total. The molecule has 17 heavy (non-hydrogen) atoms. The van der Waals surface area contributed by atoms with Crippen LogP contribution in [-0.2, 0) is 6.61 Å². The maximum Gasteiger partial charge on any atom is 0.213 e. The lowest BCUT2D eigenvalue weighted by molar-refractivity contribution is 0.297. The van der Waals surface area contributed by atoms with E-state index in [1.165, 1.54) is 0 Å². The molecule has 2 rings (SSSR count). The van der Waals surface area contributed by atoms with Crippen LogP contribution in [0.15, 0.2) is 42.5 Å². The lowest BCUT2D eigenvalue weighted by Gasteiger charge is -2.06. The Labute approximate surface area is 99.5 Å². The highest BCUT2D eigenvalue weighted by Crippen LogP contribution is 2.17. The van der Waals surface area contributed by atoms with Crippen LogP contribution in [0, 0.1) is 0 Å². The molecule has 0 bridgehead atoms. The van der Waals surface area contributed by atoms with Gasteiger partial charge in [-0.25, -0.2) is 4.98 Å². The van der Waals surface area contributed by atoms with E-state index in [0.29, 0.717) is 18.2 Å². The summed E-state index contributed by atoms with van der Waals surface area (Å²) in [4.78, 5) is 4.23. The van der Waals surface area contributed by atoms with Crippen molar-refractivity contribution in [1.29, 1.82) is 0 Å². The molecule has 0 aliphatic heterocycles. The normalized spacial score (nSPS) is 9.94. The lowest BCUT2D eigenvalue weighted by Crippen LogP contribution is -1.99. The summed E-state index contributed by atoms with van der Waals surface area (Å²) in [6.07, 6.45) is 0. The molecule has 0 unspecified atom stereocenters. The van der Waals surface area contributed by atoms with Crippen molar-refractivity contribution in [3.05, 3.63) is 48.2 Å². The highest BCUT2D eigenvalue weighted by Gasteiger charge is 1.99. The summed E-state index contributed by atoms with van der Waals surface area (Å²) in [5.74, 6) is 1.47. The van der Waals surface area contributed by atoms with Gasteiger partial charge in [0.25, 0.3) is 0 Å². The molecule has 0 spiro atoms. The third-order valence-corrected chi connectivity index (χ3v) is 2.21. The van der Waals surface area contributed by atoms with Crippen LogP contribution in [-0.4, -0.2) is 17.2 Å². The third kappa shape index (κ3) is 3.11. The molecule has 0 amide bonds. The van der Waals surface area contributed by atoms with Crippen LogP contribution < -0.4 is 9.47 Å². The van der Waals surface area contributed by atoms with E-state index in [0.717, 1.165) is 5.69 Å². The topological polar surface area (TPSA) is 51.6 Å². The average Bonchev–Trinajstić information content (AvgIpc) is 2.38. The predicted molar refractivity (Wildman–Crippen MR) is 63.2 cm³/mol. The number of hydrogen-bond donors (Lipinski definition) is 1. The van der Waals surface area contributed by atoms with Crippen molar-refractivity contribution in [3.63, 3.8) is 0 Å². The number of phenols is 1. The van der Waals surface area contributed by atoms with E-state index >= 15 is 0 Å². The van der Waals surface area contributed by atoms with E-state index in [2.05, 4.69) is 4.98 Å². The first-order chi connectivity index (χ1) is 8.28. The Morgan fingerprint density at radius 2 is 1.88 bits per heavy atom. The molecule has 0 fully saturated rings. The molecule has 1 aromatic carbocycles. The molecule has 1 aromatic heterocycles. The van der Waals surface area contributed by atoms with Crippen LogP contribution in [0.1, 0.15) is 5.69 Å². The molecule has 0 saturated carbocycles. The molecule has 0 saturated heterocycles. The molecular weight excluding hydrogens is 218 g/mol. The largest absolute Gasteiger partial charge is 0.508 e. The van der Waals surface area contributed by atoms with Gasteiger partial charge in [0.15, 0.2) is 0 Å². The number of ether oxygens (including phenoxy) is 2. The number of benzene rings is 1. The third-order valence-electron chi connectivity index (χ3n) is 2.21. The minimum absolute atomic E-state index is 0.219. The van der Waals surface area contributed by atoms with E-state index in [4.69, 9.17) is 14.6 Å². The van der Waals surface area contributed by atoms with Crippen LogP contribution in [0.25, 0.3) is 0 Å². The van der Waals surface area contributed by atoms with Crippen molar-refractivity contribution in [2.24, 2.45) is 0 Å². The second kappa shape index (κ2) is 5.21. The Bertz CT molecular complexity index is 482. The van der Waals surface area contributed by atoms with Crippen LogP contribution >= 0.6 is 0 Å². The number of phenolic OH excluding ortho intramolecular Hbond substituents is 1. The Morgan fingerprint density at radius 1 is 1.12 bits per heavy atom. The monoisotopic (exact) mass is 231 g/mol. The van der Waals surface area contributed by atoms with Crippen molar-refractivity contribution in [2.75, 3.05) is 7.11 Å². The summed E-state index contributed by atoms with van der Waals surface area (Å²) in [7, 11) is 1.58. The standard InChI is InChI=1S/C13H13NO3/c1-16-13-4-2-3-10(14-13)9-17-12-7-5-11(15)6-8-12/h2-8,15H,9H2,1H3. The highest BCUT2D eigenvalue weighted by atomic mass is 16.5. The number of aromatic hydroxyl groups is 1. The van der Waals surface area contributed by atoms with Crippen molar-refractivity contribution >= 4 is 0 Å². The quantitative estimate of drug-likeness (QED) is 0.877. The van der Waals surface area contributed by atoms with Gasteiger partial charge < -0.3 is 14.6 Å². The highest BCUT2D eigenvalue weighted by molar-refractivity contribution is 5.30. The molecule has 0 radical (unpaired) electrons. The minimum atomic E-state index is 0.219. The van der Waals surface area contributed by atoms with Crippen LogP contribution in [0.5, 0.6) is 17.4 Å². The van der Waals surface area contributed by atoms with Crippen molar-refractivity contribution < 1.29 is 14.6 Å². The van der Waals surface area contributed by atoms with Crippen LogP contribution in [0.4, 0.5) is 0 Å². The van der Waals surface area contributed by atoms with Crippen LogP contribution in [0.2, 0.25) is 0 Å². The Hall–Kier alpha value is -2.23. The molecule has 2 aromatic rings. The van der Waals surface area contributed by atoms with Gasteiger partial charge in [-0.1, -0.05) is 6.07 Å². The molecule has 0 atom stereocenters. The van der Waals surface area contributed by atoms with Gasteiger partial charge in [-0.3, -0.25) is 0 Å². The molecule has 0 aliphatic rings. The number of nitrogens with zero attached hydrogens (tertiary/aromatic N) is 1. The van der Waals surface area contributed by atoms with Crippen molar-refractivity contribution in [2.45, 2.75) is 6.61 Å². The zero-order chi connectivity index (χ0) is 12.1.